The normalized spacial score (nSPS) is 10.9. The summed E-state index contributed by atoms with van der Waals surface area (Å²) in [7, 11) is 0. The Labute approximate surface area is 128 Å². The number of phenols is 1. The van der Waals surface area contributed by atoms with Crippen LogP contribution in [-0.2, 0) is 0 Å². The van der Waals surface area contributed by atoms with Gasteiger partial charge in [-0.25, -0.2) is 4.68 Å². The second-order valence-electron chi connectivity index (χ2n) is 4.78. The van der Waals surface area contributed by atoms with Crippen molar-refractivity contribution in [1.82, 2.24) is 9.78 Å². The maximum Gasteiger partial charge on any atom is 0.278 e. The van der Waals surface area contributed by atoms with Crippen molar-refractivity contribution in [3.05, 3.63) is 83.7 Å². The van der Waals surface area contributed by atoms with Gasteiger partial charge in [-0.05, 0) is 42.0 Å². The molecule has 0 radical (unpaired) electrons. The minimum atomic E-state index is -0.237. The highest BCUT2D eigenvalue weighted by atomic mass is 16.3. The molecule has 3 aromatic rings. The maximum atomic E-state index is 12.2. The molecule has 2 aromatic carbocycles. The van der Waals surface area contributed by atoms with Crippen molar-refractivity contribution >= 4 is 18.1 Å². The highest BCUT2D eigenvalue weighted by Gasteiger charge is 2.09. The molecule has 108 valence electrons. The van der Waals surface area contributed by atoms with Crippen LogP contribution in [0, 0.1) is 0 Å². The van der Waals surface area contributed by atoms with Crippen molar-refractivity contribution < 1.29 is 9.90 Å². The highest BCUT2D eigenvalue weighted by Crippen LogP contribution is 2.12. The molecule has 4 heteroatoms. The lowest BCUT2D eigenvalue weighted by atomic mass is 10.2. The molecular formula is C18H14N2O2. The largest absolute Gasteiger partial charge is 0.508 e. The molecule has 4 nitrogen and oxygen atoms in total. The van der Waals surface area contributed by atoms with Gasteiger partial charge in [-0.15, -0.1) is 0 Å². The standard InChI is InChI=1S/C18H14N2O2/c21-17-10-7-15(8-11-17)18(22)20-13-12-16(19-20)9-6-14-4-2-1-3-5-14/h1-13,21H/b9-6+. The van der Waals surface area contributed by atoms with E-state index in [0.717, 1.165) is 5.56 Å². The summed E-state index contributed by atoms with van der Waals surface area (Å²) in [5.41, 5.74) is 2.25. The number of nitrogens with zero attached hydrogens (tertiary/aromatic N) is 2. The number of aromatic nitrogens is 2. The Balaban J connectivity index is 1.77. The van der Waals surface area contributed by atoms with Crippen LogP contribution in [0.2, 0.25) is 0 Å². The summed E-state index contributed by atoms with van der Waals surface area (Å²) >= 11 is 0. The Morgan fingerprint density at radius 3 is 2.41 bits per heavy atom. The second kappa shape index (κ2) is 6.10. The van der Waals surface area contributed by atoms with E-state index in [1.165, 1.54) is 16.8 Å². The van der Waals surface area contributed by atoms with Gasteiger partial charge in [-0.3, -0.25) is 4.79 Å². The van der Waals surface area contributed by atoms with Gasteiger partial charge in [0.25, 0.3) is 5.91 Å². The average Bonchev–Trinajstić information content (AvgIpc) is 3.03. The molecule has 0 saturated carbocycles. The molecule has 0 aliphatic carbocycles. The first-order chi connectivity index (χ1) is 10.7. The highest BCUT2D eigenvalue weighted by molar-refractivity contribution is 5.95. The number of hydrogen-bond donors (Lipinski definition) is 1. The van der Waals surface area contributed by atoms with Crippen LogP contribution < -0.4 is 0 Å². The number of carbonyl (C=O) groups excluding carboxylic acids is 1. The molecule has 0 atom stereocenters. The van der Waals surface area contributed by atoms with Crippen LogP contribution in [0.4, 0.5) is 0 Å². The van der Waals surface area contributed by atoms with Crippen LogP contribution in [-0.4, -0.2) is 20.8 Å². The van der Waals surface area contributed by atoms with Crippen molar-refractivity contribution in [2.45, 2.75) is 0 Å². The summed E-state index contributed by atoms with van der Waals surface area (Å²) in [6.45, 7) is 0. The van der Waals surface area contributed by atoms with Crippen molar-refractivity contribution in [2.75, 3.05) is 0 Å². The molecule has 0 unspecified atom stereocenters. The Kier molecular flexibility index (Phi) is 3.83. The van der Waals surface area contributed by atoms with Crippen LogP contribution in [0.25, 0.3) is 12.2 Å². The van der Waals surface area contributed by atoms with Crippen molar-refractivity contribution in [3.8, 4) is 5.75 Å². The minimum Gasteiger partial charge on any atom is -0.508 e. The fraction of sp³-hybridized carbons (Fsp3) is 0. The van der Waals surface area contributed by atoms with Crippen molar-refractivity contribution in [3.63, 3.8) is 0 Å². The van der Waals surface area contributed by atoms with E-state index in [1.807, 2.05) is 42.5 Å². The fourth-order valence-electron chi connectivity index (χ4n) is 2.02. The van der Waals surface area contributed by atoms with E-state index in [1.54, 1.807) is 24.4 Å². The first-order valence-corrected chi connectivity index (χ1v) is 6.85. The van der Waals surface area contributed by atoms with E-state index in [9.17, 15) is 9.90 Å². The lowest BCUT2D eigenvalue weighted by Gasteiger charge is -2.00. The van der Waals surface area contributed by atoms with E-state index < -0.39 is 0 Å². The lowest BCUT2D eigenvalue weighted by molar-refractivity contribution is 0.0945. The molecule has 0 fully saturated rings. The first kappa shape index (κ1) is 13.8. The third-order valence-corrected chi connectivity index (χ3v) is 3.18. The number of benzene rings is 2. The van der Waals surface area contributed by atoms with E-state index in [-0.39, 0.29) is 11.7 Å². The van der Waals surface area contributed by atoms with Gasteiger partial charge in [0.15, 0.2) is 0 Å². The zero-order chi connectivity index (χ0) is 15.4. The maximum absolute atomic E-state index is 12.2. The monoisotopic (exact) mass is 290 g/mol. The third-order valence-electron chi connectivity index (χ3n) is 3.18. The predicted octanol–water partition coefficient (Wildman–Crippen LogP) is 3.45. The number of hydrogen-bond acceptors (Lipinski definition) is 3. The molecule has 0 bridgehead atoms. The summed E-state index contributed by atoms with van der Waals surface area (Å²) in [4.78, 5) is 12.2. The van der Waals surface area contributed by atoms with Gasteiger partial charge in [0.2, 0.25) is 0 Å². The second-order valence-corrected chi connectivity index (χ2v) is 4.78. The zero-order valence-electron chi connectivity index (χ0n) is 11.8. The first-order valence-electron chi connectivity index (χ1n) is 6.85. The zero-order valence-corrected chi connectivity index (χ0v) is 11.8. The van der Waals surface area contributed by atoms with Crippen LogP contribution >= 0.6 is 0 Å². The van der Waals surface area contributed by atoms with Crippen molar-refractivity contribution in [1.29, 1.82) is 0 Å². The fourth-order valence-corrected chi connectivity index (χ4v) is 2.02. The summed E-state index contributed by atoms with van der Waals surface area (Å²) in [6, 6.07) is 17.8. The summed E-state index contributed by atoms with van der Waals surface area (Å²) in [5, 5.41) is 13.5. The van der Waals surface area contributed by atoms with Crippen molar-refractivity contribution in [2.24, 2.45) is 0 Å². The number of rotatable bonds is 3. The smallest absolute Gasteiger partial charge is 0.278 e. The lowest BCUT2D eigenvalue weighted by Crippen LogP contribution is -2.12. The molecule has 0 saturated heterocycles. The molecule has 22 heavy (non-hydrogen) atoms. The van der Waals surface area contributed by atoms with Crippen LogP contribution in [0.1, 0.15) is 21.6 Å². The Bertz CT molecular complexity index is 803. The van der Waals surface area contributed by atoms with Gasteiger partial charge < -0.3 is 5.11 Å². The Morgan fingerprint density at radius 1 is 0.955 bits per heavy atom. The van der Waals surface area contributed by atoms with E-state index in [4.69, 9.17) is 0 Å². The quantitative estimate of drug-likeness (QED) is 0.804. The predicted molar refractivity (Wildman–Crippen MR) is 85.4 cm³/mol. The van der Waals surface area contributed by atoms with Crippen LogP contribution in [0.5, 0.6) is 5.75 Å². The van der Waals surface area contributed by atoms with Crippen LogP contribution in [0.15, 0.2) is 66.9 Å². The van der Waals surface area contributed by atoms with Gasteiger partial charge in [0.1, 0.15) is 5.75 Å². The number of phenolic OH excluding ortho intramolecular Hbond substituents is 1. The van der Waals surface area contributed by atoms with E-state index in [0.29, 0.717) is 11.3 Å². The van der Waals surface area contributed by atoms with Gasteiger partial charge >= 0.3 is 0 Å². The van der Waals surface area contributed by atoms with E-state index >= 15 is 0 Å². The summed E-state index contributed by atoms with van der Waals surface area (Å²) in [6.07, 6.45) is 5.42. The van der Waals surface area contributed by atoms with Crippen LogP contribution in [0.3, 0.4) is 0 Å². The summed E-state index contributed by atoms with van der Waals surface area (Å²) in [5.74, 6) is -0.108. The molecule has 0 amide bonds. The molecule has 3 rings (SSSR count). The number of carbonyl (C=O) groups is 1. The van der Waals surface area contributed by atoms with Gasteiger partial charge in [-0.1, -0.05) is 36.4 Å². The Morgan fingerprint density at radius 2 is 1.68 bits per heavy atom. The van der Waals surface area contributed by atoms with Gasteiger partial charge in [-0.2, -0.15) is 5.10 Å². The topological polar surface area (TPSA) is 55.1 Å². The average molecular weight is 290 g/mol. The molecular weight excluding hydrogens is 276 g/mol. The minimum absolute atomic E-state index is 0.128. The third kappa shape index (κ3) is 3.12. The Hall–Kier alpha value is -3.14. The molecule has 0 aliphatic heterocycles. The molecule has 0 aliphatic rings. The molecule has 0 spiro atoms. The molecule has 1 N–H and O–H groups in total. The van der Waals surface area contributed by atoms with Gasteiger partial charge in [0, 0.05) is 11.8 Å². The van der Waals surface area contributed by atoms with Gasteiger partial charge in [0.05, 0.1) is 5.69 Å². The molecule has 1 heterocycles. The number of aromatic hydroxyl groups is 1. The summed E-state index contributed by atoms with van der Waals surface area (Å²) < 4.78 is 1.29. The molecule has 1 aromatic heterocycles. The van der Waals surface area contributed by atoms with E-state index in [2.05, 4.69) is 5.10 Å². The SMILES string of the molecule is O=C(c1ccc(O)cc1)n1ccc(/C=C/c2ccccc2)n1.